The van der Waals surface area contributed by atoms with Crippen LogP contribution in [-0.4, -0.2) is 28.5 Å². The molecule has 1 amide bonds. The highest BCUT2D eigenvalue weighted by molar-refractivity contribution is 5.84. The molecule has 25 heavy (non-hydrogen) atoms. The van der Waals surface area contributed by atoms with Gasteiger partial charge in [0.05, 0.1) is 24.0 Å². The van der Waals surface area contributed by atoms with Crippen LogP contribution in [0.4, 0.5) is 4.39 Å². The summed E-state index contributed by atoms with van der Waals surface area (Å²) in [6.45, 7) is 6.73. The fourth-order valence-electron chi connectivity index (χ4n) is 3.21. The van der Waals surface area contributed by atoms with E-state index in [1.54, 1.807) is 30.7 Å². The number of halogens is 1. The first-order chi connectivity index (χ1) is 12.0. The molecule has 1 aliphatic heterocycles. The van der Waals surface area contributed by atoms with E-state index >= 15 is 0 Å². The lowest BCUT2D eigenvalue weighted by Gasteiger charge is -2.41. The van der Waals surface area contributed by atoms with Crippen molar-refractivity contribution in [3.05, 3.63) is 53.9 Å². The van der Waals surface area contributed by atoms with Crippen LogP contribution in [0.15, 0.2) is 36.8 Å². The molecule has 134 valence electrons. The molecule has 1 saturated heterocycles. The number of amides is 1. The Kier molecular flexibility index (Phi) is 5.18. The van der Waals surface area contributed by atoms with Crippen LogP contribution in [0.2, 0.25) is 0 Å². The van der Waals surface area contributed by atoms with Crippen molar-refractivity contribution in [2.24, 2.45) is 11.3 Å². The van der Waals surface area contributed by atoms with Gasteiger partial charge in [0.1, 0.15) is 5.82 Å². The third-order valence-corrected chi connectivity index (χ3v) is 4.69. The van der Waals surface area contributed by atoms with Crippen LogP contribution in [0, 0.1) is 17.2 Å². The summed E-state index contributed by atoms with van der Waals surface area (Å²) in [5.41, 5.74) is 0.991. The van der Waals surface area contributed by atoms with Crippen molar-refractivity contribution in [2.75, 3.05) is 13.1 Å². The van der Waals surface area contributed by atoms with Gasteiger partial charge in [0.15, 0.2) is 0 Å². The van der Waals surface area contributed by atoms with E-state index in [0.29, 0.717) is 37.5 Å². The summed E-state index contributed by atoms with van der Waals surface area (Å²) in [4.78, 5) is 17.0. The molecule has 0 spiro atoms. The monoisotopic (exact) mass is 344 g/mol. The van der Waals surface area contributed by atoms with Crippen LogP contribution in [0.25, 0.3) is 0 Å². The number of carbonyl (C=O) groups excluding carboxylic acids is 1. The maximum Gasteiger partial charge on any atom is 0.229 e. The van der Waals surface area contributed by atoms with Crippen LogP contribution >= 0.6 is 0 Å². The minimum absolute atomic E-state index is 0.0354. The Hall–Kier alpha value is -2.21. The van der Waals surface area contributed by atoms with Crippen molar-refractivity contribution in [1.82, 2.24) is 20.2 Å². The Balaban J connectivity index is 1.65. The molecule has 0 unspecified atom stereocenters. The molecule has 0 bridgehead atoms. The predicted octanol–water partition coefficient (Wildman–Crippen LogP) is 2.13. The average Bonchev–Trinajstić information content (AvgIpc) is 2.96. The molecule has 0 saturated carbocycles. The highest BCUT2D eigenvalue weighted by Gasteiger charge is 2.44. The molecule has 5 nitrogen and oxygen atoms in total. The quantitative estimate of drug-likeness (QED) is 0.809. The first-order valence-corrected chi connectivity index (χ1v) is 8.71. The molecular weight excluding hydrogens is 319 g/mol. The Morgan fingerprint density at radius 1 is 1.40 bits per heavy atom. The van der Waals surface area contributed by atoms with Gasteiger partial charge in [-0.1, -0.05) is 32.0 Å². The number of benzene rings is 1. The summed E-state index contributed by atoms with van der Waals surface area (Å²) in [6, 6.07) is 6.67. The fourth-order valence-corrected chi connectivity index (χ4v) is 3.21. The number of nitrogens with one attached hydrogen (secondary N) is 2. The molecule has 1 fully saturated rings. The molecule has 1 aromatic carbocycles. The first-order valence-electron chi connectivity index (χ1n) is 8.71. The molecule has 0 aliphatic carbocycles. The third-order valence-electron chi connectivity index (χ3n) is 4.69. The average molecular weight is 344 g/mol. The van der Waals surface area contributed by atoms with Gasteiger partial charge in [0, 0.05) is 25.8 Å². The predicted molar refractivity (Wildman–Crippen MR) is 94.3 cm³/mol. The molecule has 2 heterocycles. The van der Waals surface area contributed by atoms with Crippen LogP contribution in [0.5, 0.6) is 0 Å². The standard InChI is InChI=1S/C19H25FN4O/c1-14(2)10-24-13-21-8-16(24)9-23-18(25)19(11-22-12-19)7-15-5-3-4-6-17(15)20/h3-6,8,13-14,22H,7,9-12H2,1-2H3,(H,23,25). The summed E-state index contributed by atoms with van der Waals surface area (Å²) in [5.74, 6) is 0.218. The van der Waals surface area contributed by atoms with Crippen molar-refractivity contribution in [2.45, 2.75) is 33.4 Å². The van der Waals surface area contributed by atoms with E-state index in [4.69, 9.17) is 0 Å². The fraction of sp³-hybridized carbons (Fsp3) is 0.474. The van der Waals surface area contributed by atoms with E-state index in [0.717, 1.165) is 12.2 Å². The van der Waals surface area contributed by atoms with Crippen molar-refractivity contribution >= 4 is 5.91 Å². The van der Waals surface area contributed by atoms with E-state index < -0.39 is 5.41 Å². The molecule has 0 radical (unpaired) electrons. The van der Waals surface area contributed by atoms with Crippen molar-refractivity contribution in [3.8, 4) is 0 Å². The number of carbonyl (C=O) groups is 1. The van der Waals surface area contributed by atoms with Crippen molar-refractivity contribution < 1.29 is 9.18 Å². The maximum atomic E-state index is 14.0. The van der Waals surface area contributed by atoms with E-state index in [1.807, 2.05) is 0 Å². The van der Waals surface area contributed by atoms with Crippen LogP contribution in [0.3, 0.4) is 0 Å². The largest absolute Gasteiger partial charge is 0.350 e. The number of aromatic nitrogens is 2. The van der Waals surface area contributed by atoms with Gasteiger partial charge < -0.3 is 15.2 Å². The lowest BCUT2D eigenvalue weighted by atomic mass is 9.75. The summed E-state index contributed by atoms with van der Waals surface area (Å²) < 4.78 is 16.0. The Morgan fingerprint density at radius 3 is 2.80 bits per heavy atom. The first kappa shape index (κ1) is 17.6. The molecule has 6 heteroatoms. The number of nitrogens with zero attached hydrogens (tertiary/aromatic N) is 2. The number of imidazole rings is 1. The molecule has 1 aromatic heterocycles. The van der Waals surface area contributed by atoms with Gasteiger partial charge in [0.25, 0.3) is 0 Å². The van der Waals surface area contributed by atoms with E-state index in [1.165, 1.54) is 6.07 Å². The Labute approximate surface area is 147 Å². The highest BCUT2D eigenvalue weighted by Crippen LogP contribution is 2.29. The summed E-state index contributed by atoms with van der Waals surface area (Å²) in [7, 11) is 0. The minimum atomic E-state index is -0.578. The number of hydrogen-bond donors (Lipinski definition) is 2. The second kappa shape index (κ2) is 7.35. The second-order valence-corrected chi connectivity index (χ2v) is 7.27. The molecular formula is C19H25FN4O. The topological polar surface area (TPSA) is 59.0 Å². The van der Waals surface area contributed by atoms with E-state index in [2.05, 4.69) is 34.0 Å². The normalized spacial score (nSPS) is 15.8. The minimum Gasteiger partial charge on any atom is -0.350 e. The van der Waals surface area contributed by atoms with E-state index in [-0.39, 0.29) is 11.7 Å². The van der Waals surface area contributed by atoms with Crippen molar-refractivity contribution in [1.29, 1.82) is 0 Å². The number of rotatable bonds is 7. The number of hydrogen-bond acceptors (Lipinski definition) is 3. The maximum absolute atomic E-state index is 14.0. The lowest BCUT2D eigenvalue weighted by molar-refractivity contribution is -0.134. The van der Waals surface area contributed by atoms with Gasteiger partial charge in [-0.25, -0.2) is 9.37 Å². The van der Waals surface area contributed by atoms with Crippen molar-refractivity contribution in [3.63, 3.8) is 0 Å². The molecule has 1 aliphatic rings. The second-order valence-electron chi connectivity index (χ2n) is 7.27. The summed E-state index contributed by atoms with van der Waals surface area (Å²) >= 11 is 0. The van der Waals surface area contributed by atoms with Crippen LogP contribution < -0.4 is 10.6 Å². The van der Waals surface area contributed by atoms with Gasteiger partial charge in [-0.2, -0.15) is 0 Å². The van der Waals surface area contributed by atoms with Crippen LogP contribution in [0.1, 0.15) is 25.1 Å². The third kappa shape index (κ3) is 3.90. The SMILES string of the molecule is CC(C)Cn1cncc1CNC(=O)C1(Cc2ccccc2F)CNC1. The molecule has 0 atom stereocenters. The molecule has 3 rings (SSSR count). The lowest BCUT2D eigenvalue weighted by Crippen LogP contribution is -2.62. The molecule has 2 aromatic rings. The zero-order valence-corrected chi connectivity index (χ0v) is 14.8. The summed E-state index contributed by atoms with van der Waals surface area (Å²) in [6.07, 6.45) is 3.98. The van der Waals surface area contributed by atoms with Gasteiger partial charge in [-0.05, 0) is 24.0 Å². The smallest absolute Gasteiger partial charge is 0.229 e. The van der Waals surface area contributed by atoms with Gasteiger partial charge in [0.2, 0.25) is 5.91 Å². The molecule has 2 N–H and O–H groups in total. The van der Waals surface area contributed by atoms with E-state index in [9.17, 15) is 9.18 Å². The van der Waals surface area contributed by atoms with Crippen LogP contribution in [-0.2, 0) is 24.3 Å². The Bertz CT molecular complexity index is 737. The zero-order chi connectivity index (χ0) is 17.9. The van der Waals surface area contributed by atoms with Gasteiger partial charge in [-0.15, -0.1) is 0 Å². The summed E-state index contributed by atoms with van der Waals surface area (Å²) in [5, 5.41) is 6.17. The highest BCUT2D eigenvalue weighted by atomic mass is 19.1. The Morgan fingerprint density at radius 2 is 2.16 bits per heavy atom. The van der Waals surface area contributed by atoms with Gasteiger partial charge >= 0.3 is 0 Å². The van der Waals surface area contributed by atoms with Gasteiger partial charge in [-0.3, -0.25) is 4.79 Å². The zero-order valence-electron chi connectivity index (χ0n) is 14.8.